The molecule has 0 amide bonds. The van der Waals surface area contributed by atoms with E-state index < -0.39 is 0 Å². The van der Waals surface area contributed by atoms with Gasteiger partial charge in [-0.3, -0.25) is 0 Å². The maximum atomic E-state index is 9.51. The van der Waals surface area contributed by atoms with Crippen molar-refractivity contribution in [2.24, 2.45) is 5.92 Å². The Balaban J connectivity index is 2.39. The molecule has 1 aliphatic rings. The Hall–Kier alpha value is -1.07. The molecule has 84 valence electrons. The van der Waals surface area contributed by atoms with E-state index in [-0.39, 0.29) is 5.76 Å². The summed E-state index contributed by atoms with van der Waals surface area (Å²) in [6.07, 6.45) is 1.29. The van der Waals surface area contributed by atoms with Crippen molar-refractivity contribution in [3.63, 3.8) is 0 Å². The van der Waals surface area contributed by atoms with Crippen molar-refractivity contribution in [3.05, 3.63) is 41.5 Å². The zero-order valence-electron chi connectivity index (χ0n) is 9.77. The summed E-state index contributed by atoms with van der Waals surface area (Å²) >= 11 is 0. The van der Waals surface area contributed by atoms with E-state index in [0.717, 1.165) is 23.0 Å². The summed E-state index contributed by atoms with van der Waals surface area (Å²) in [7, 11) is 1.20. The summed E-state index contributed by atoms with van der Waals surface area (Å²) in [5.74, 6) is 3.81. The molecular formula is C14H17OP. The number of hydrogen-bond donors (Lipinski definition) is 1. The van der Waals surface area contributed by atoms with Crippen molar-refractivity contribution in [2.75, 3.05) is 6.66 Å². The van der Waals surface area contributed by atoms with Crippen LogP contribution in [-0.4, -0.2) is 17.6 Å². The van der Waals surface area contributed by atoms with Gasteiger partial charge in [0.05, 0.1) is 0 Å². The van der Waals surface area contributed by atoms with Crippen LogP contribution in [0, 0.1) is 5.92 Å². The van der Waals surface area contributed by atoms with Gasteiger partial charge in [0.1, 0.15) is 5.76 Å². The number of benzene rings is 1. The topological polar surface area (TPSA) is 20.2 Å². The smallest absolute Gasteiger partial charge is 0.116 e. The molecule has 1 aromatic carbocycles. The second-order valence-corrected chi connectivity index (χ2v) is 5.27. The maximum Gasteiger partial charge on any atom is 0.116 e. The first kappa shape index (κ1) is 11.4. The molecule has 2 atom stereocenters. The van der Waals surface area contributed by atoms with Crippen molar-refractivity contribution in [1.29, 1.82) is 0 Å². The van der Waals surface area contributed by atoms with Crippen LogP contribution in [0.3, 0.4) is 0 Å². The first-order valence-corrected chi connectivity index (χ1v) is 6.99. The molecular weight excluding hydrogens is 215 g/mol. The monoisotopic (exact) mass is 232 g/mol. The highest BCUT2D eigenvalue weighted by Crippen LogP contribution is 2.47. The minimum atomic E-state index is 0.158. The SMILES string of the molecule is C=C(O)c1ccc([C@H]2C[C@H]2C)cc1C=PC. The van der Waals surface area contributed by atoms with Crippen LogP contribution < -0.4 is 0 Å². The Bertz CT molecular complexity index is 448. The third-order valence-electron chi connectivity index (χ3n) is 3.19. The van der Waals surface area contributed by atoms with Gasteiger partial charge in [0.2, 0.25) is 0 Å². The van der Waals surface area contributed by atoms with E-state index in [2.05, 4.69) is 38.1 Å². The van der Waals surface area contributed by atoms with Gasteiger partial charge in [-0.25, -0.2) is 0 Å². The lowest BCUT2D eigenvalue weighted by atomic mass is 10.0. The molecule has 1 fully saturated rings. The highest BCUT2D eigenvalue weighted by Gasteiger charge is 2.34. The van der Waals surface area contributed by atoms with Gasteiger partial charge in [-0.05, 0) is 41.8 Å². The van der Waals surface area contributed by atoms with Crippen molar-refractivity contribution in [2.45, 2.75) is 19.3 Å². The second-order valence-electron chi connectivity index (χ2n) is 4.50. The number of aliphatic hydroxyl groups is 1. The Morgan fingerprint density at radius 3 is 2.75 bits per heavy atom. The molecule has 1 aliphatic carbocycles. The lowest BCUT2D eigenvalue weighted by molar-refractivity contribution is 0.513. The third kappa shape index (κ3) is 2.20. The molecule has 1 saturated carbocycles. The molecule has 0 saturated heterocycles. The zero-order chi connectivity index (χ0) is 11.7. The molecule has 0 radical (unpaired) electrons. The van der Waals surface area contributed by atoms with Crippen molar-refractivity contribution in [3.8, 4) is 0 Å². The normalized spacial score (nSPS) is 23.6. The van der Waals surface area contributed by atoms with Gasteiger partial charge < -0.3 is 5.11 Å². The Morgan fingerprint density at radius 2 is 2.25 bits per heavy atom. The molecule has 1 N–H and O–H groups in total. The molecule has 1 nitrogen and oxygen atoms in total. The quantitative estimate of drug-likeness (QED) is 0.615. The van der Waals surface area contributed by atoms with Crippen LogP contribution in [-0.2, 0) is 0 Å². The summed E-state index contributed by atoms with van der Waals surface area (Å²) < 4.78 is 0. The largest absolute Gasteiger partial charge is 0.508 e. The first-order valence-electron chi connectivity index (χ1n) is 5.58. The van der Waals surface area contributed by atoms with Crippen LogP contribution in [0.2, 0.25) is 0 Å². The minimum absolute atomic E-state index is 0.158. The van der Waals surface area contributed by atoms with Crippen LogP contribution in [0.1, 0.15) is 36.0 Å². The molecule has 0 bridgehead atoms. The van der Waals surface area contributed by atoms with Crippen molar-refractivity contribution in [1.82, 2.24) is 0 Å². The highest BCUT2D eigenvalue weighted by atomic mass is 31.1. The fourth-order valence-corrected chi connectivity index (χ4v) is 2.60. The Kier molecular flexibility index (Phi) is 3.16. The summed E-state index contributed by atoms with van der Waals surface area (Å²) in [6.45, 7) is 7.97. The van der Waals surface area contributed by atoms with Crippen LogP contribution in [0.4, 0.5) is 0 Å². The zero-order valence-corrected chi connectivity index (χ0v) is 10.7. The predicted molar refractivity (Wildman–Crippen MR) is 72.6 cm³/mol. The summed E-state index contributed by atoms with van der Waals surface area (Å²) in [5.41, 5.74) is 3.35. The van der Waals surface area contributed by atoms with Gasteiger partial charge in [0, 0.05) is 5.56 Å². The van der Waals surface area contributed by atoms with Crippen LogP contribution in [0.25, 0.3) is 5.76 Å². The Morgan fingerprint density at radius 1 is 1.56 bits per heavy atom. The fourth-order valence-electron chi connectivity index (χ4n) is 2.11. The van der Waals surface area contributed by atoms with E-state index in [4.69, 9.17) is 0 Å². The number of aliphatic hydroxyl groups excluding tert-OH is 1. The van der Waals surface area contributed by atoms with Gasteiger partial charge in [-0.15, -0.1) is 8.20 Å². The number of hydrogen-bond acceptors (Lipinski definition) is 1. The summed E-state index contributed by atoms with van der Waals surface area (Å²) in [5, 5.41) is 9.51. The maximum absolute atomic E-state index is 9.51. The molecule has 0 unspecified atom stereocenters. The average molecular weight is 232 g/mol. The summed E-state index contributed by atoms with van der Waals surface area (Å²) in [4.78, 5) is 0. The van der Waals surface area contributed by atoms with Crippen LogP contribution in [0.5, 0.6) is 0 Å². The fraction of sp³-hybridized carbons (Fsp3) is 0.357. The predicted octanol–water partition coefficient (Wildman–Crippen LogP) is 4.07. The minimum Gasteiger partial charge on any atom is -0.508 e. The first-order chi connectivity index (χ1) is 7.63. The van der Waals surface area contributed by atoms with Crippen molar-refractivity contribution >= 4 is 19.8 Å². The van der Waals surface area contributed by atoms with E-state index in [0.29, 0.717) is 0 Å². The van der Waals surface area contributed by atoms with E-state index >= 15 is 0 Å². The van der Waals surface area contributed by atoms with Crippen LogP contribution >= 0.6 is 8.20 Å². The average Bonchev–Trinajstić information content (AvgIpc) is 2.95. The van der Waals surface area contributed by atoms with Gasteiger partial charge in [0.25, 0.3) is 0 Å². The van der Waals surface area contributed by atoms with E-state index in [9.17, 15) is 5.11 Å². The summed E-state index contributed by atoms with van der Waals surface area (Å²) in [6, 6.07) is 6.30. The third-order valence-corrected chi connectivity index (χ3v) is 3.73. The standard InChI is InChI=1S/C14H17OP/c1-9-6-14(9)11-4-5-13(10(2)15)12(7-11)8-16-3/h4-5,7-9,14-15H,2,6H2,1,3H3/t9-,14+/m1/s1. The number of rotatable bonds is 3. The second kappa shape index (κ2) is 4.43. The molecule has 16 heavy (non-hydrogen) atoms. The Labute approximate surface area is 98.6 Å². The molecule has 0 heterocycles. The molecule has 0 aromatic heterocycles. The van der Waals surface area contributed by atoms with Gasteiger partial charge >= 0.3 is 0 Å². The molecule has 1 aromatic rings. The molecule has 2 heteroatoms. The van der Waals surface area contributed by atoms with E-state index in [1.165, 1.54) is 20.2 Å². The van der Waals surface area contributed by atoms with E-state index in [1.54, 1.807) is 0 Å². The van der Waals surface area contributed by atoms with E-state index in [1.807, 2.05) is 6.07 Å². The lowest BCUT2D eigenvalue weighted by Crippen LogP contribution is -1.93. The molecule has 0 aliphatic heterocycles. The highest BCUT2D eigenvalue weighted by molar-refractivity contribution is 7.38. The van der Waals surface area contributed by atoms with Crippen molar-refractivity contribution < 1.29 is 5.11 Å². The van der Waals surface area contributed by atoms with Gasteiger partial charge in [-0.1, -0.05) is 31.7 Å². The van der Waals surface area contributed by atoms with Crippen LogP contribution in [0.15, 0.2) is 24.8 Å². The lowest BCUT2D eigenvalue weighted by Gasteiger charge is -2.07. The van der Waals surface area contributed by atoms with Gasteiger partial charge in [-0.2, -0.15) is 0 Å². The van der Waals surface area contributed by atoms with Gasteiger partial charge in [0.15, 0.2) is 0 Å². The molecule has 0 spiro atoms. The molecule has 2 rings (SSSR count).